The molecule has 1 fully saturated rings. The summed E-state index contributed by atoms with van der Waals surface area (Å²) in [6, 6.07) is 4.18. The molecule has 0 aromatic carbocycles. The van der Waals surface area contributed by atoms with Gasteiger partial charge in [-0.15, -0.1) is 11.3 Å². The van der Waals surface area contributed by atoms with Crippen molar-refractivity contribution < 1.29 is 4.79 Å². The Bertz CT molecular complexity index is 394. The van der Waals surface area contributed by atoms with Gasteiger partial charge in [-0.25, -0.2) is 0 Å². The van der Waals surface area contributed by atoms with Crippen LogP contribution in [0.4, 0.5) is 0 Å². The fraction of sp³-hybridized carbons (Fsp3) is 0.615. The van der Waals surface area contributed by atoms with E-state index in [0.29, 0.717) is 6.54 Å². The van der Waals surface area contributed by atoms with E-state index in [1.807, 2.05) is 0 Å². The molecule has 0 radical (unpaired) electrons. The van der Waals surface area contributed by atoms with Gasteiger partial charge in [0.2, 0.25) is 5.91 Å². The number of thiophene rings is 1. The molecule has 0 saturated carbocycles. The Morgan fingerprint density at radius 3 is 2.94 bits per heavy atom. The molecule has 1 aliphatic heterocycles. The highest BCUT2D eigenvalue weighted by Crippen LogP contribution is 2.23. The second kappa shape index (κ2) is 5.19. The number of aryl methyl sites for hydroxylation is 1. The zero-order chi connectivity index (χ0) is 12.3. The Labute approximate surface area is 107 Å². The summed E-state index contributed by atoms with van der Waals surface area (Å²) in [4.78, 5) is 14.7. The summed E-state index contributed by atoms with van der Waals surface area (Å²) in [5.74, 6) is 0.156. The lowest BCUT2D eigenvalue weighted by Crippen LogP contribution is -2.52. The van der Waals surface area contributed by atoms with Crippen LogP contribution in [0.2, 0.25) is 0 Å². The smallest absolute Gasteiger partial charge is 0.240 e. The van der Waals surface area contributed by atoms with Gasteiger partial charge in [0.25, 0.3) is 0 Å². The third-order valence-corrected chi connectivity index (χ3v) is 4.50. The molecular formula is C13H20N2OS. The zero-order valence-electron chi connectivity index (χ0n) is 10.5. The lowest BCUT2D eigenvalue weighted by atomic mass is 9.93. The number of hydrogen-bond donors (Lipinski definition) is 2. The SMILES string of the molecule is CCC1(C(=O)NCc2ccc(C)s2)CCCN1. The summed E-state index contributed by atoms with van der Waals surface area (Å²) in [6.07, 6.45) is 2.92. The molecule has 1 atom stereocenters. The first-order valence-electron chi connectivity index (χ1n) is 6.25. The molecule has 0 bridgehead atoms. The van der Waals surface area contributed by atoms with Crippen LogP contribution in [-0.2, 0) is 11.3 Å². The van der Waals surface area contributed by atoms with Crippen LogP contribution in [0.25, 0.3) is 0 Å². The van der Waals surface area contributed by atoms with Crippen LogP contribution in [0.1, 0.15) is 35.9 Å². The van der Waals surface area contributed by atoms with Gasteiger partial charge >= 0.3 is 0 Å². The molecule has 17 heavy (non-hydrogen) atoms. The van der Waals surface area contributed by atoms with Gasteiger partial charge in [-0.1, -0.05) is 6.92 Å². The number of nitrogens with one attached hydrogen (secondary N) is 2. The zero-order valence-corrected chi connectivity index (χ0v) is 11.3. The number of carbonyl (C=O) groups excluding carboxylic acids is 1. The van der Waals surface area contributed by atoms with Crippen molar-refractivity contribution in [3.63, 3.8) is 0 Å². The van der Waals surface area contributed by atoms with E-state index in [-0.39, 0.29) is 11.4 Å². The number of carbonyl (C=O) groups is 1. The quantitative estimate of drug-likeness (QED) is 0.862. The van der Waals surface area contributed by atoms with Crippen molar-refractivity contribution in [1.82, 2.24) is 10.6 Å². The Balaban J connectivity index is 1.92. The minimum absolute atomic E-state index is 0.156. The molecule has 1 unspecified atom stereocenters. The summed E-state index contributed by atoms with van der Waals surface area (Å²) in [7, 11) is 0. The lowest BCUT2D eigenvalue weighted by molar-refractivity contribution is -0.127. The van der Waals surface area contributed by atoms with E-state index < -0.39 is 0 Å². The molecule has 2 heterocycles. The average Bonchev–Trinajstić information content (AvgIpc) is 2.95. The summed E-state index contributed by atoms with van der Waals surface area (Å²) in [5.41, 5.74) is -0.313. The van der Waals surface area contributed by atoms with Crippen LogP contribution in [-0.4, -0.2) is 18.0 Å². The topological polar surface area (TPSA) is 41.1 Å². The Hall–Kier alpha value is -0.870. The van der Waals surface area contributed by atoms with Crippen molar-refractivity contribution >= 4 is 17.2 Å². The van der Waals surface area contributed by atoms with Crippen LogP contribution in [0.5, 0.6) is 0 Å². The minimum Gasteiger partial charge on any atom is -0.350 e. The van der Waals surface area contributed by atoms with Gasteiger partial charge < -0.3 is 10.6 Å². The Morgan fingerprint density at radius 1 is 1.59 bits per heavy atom. The fourth-order valence-corrected chi connectivity index (χ4v) is 3.21. The van der Waals surface area contributed by atoms with Crippen molar-refractivity contribution in [2.24, 2.45) is 0 Å². The number of amides is 1. The summed E-state index contributed by atoms with van der Waals surface area (Å²) in [5, 5.41) is 6.41. The molecule has 1 amide bonds. The van der Waals surface area contributed by atoms with Crippen molar-refractivity contribution in [2.75, 3.05) is 6.54 Å². The summed E-state index contributed by atoms with van der Waals surface area (Å²) < 4.78 is 0. The lowest BCUT2D eigenvalue weighted by Gasteiger charge is -2.26. The largest absolute Gasteiger partial charge is 0.350 e. The van der Waals surface area contributed by atoms with E-state index >= 15 is 0 Å². The number of rotatable bonds is 4. The molecule has 2 N–H and O–H groups in total. The van der Waals surface area contributed by atoms with E-state index in [1.54, 1.807) is 11.3 Å². The third-order valence-electron chi connectivity index (χ3n) is 3.50. The standard InChI is InChI=1S/C13H20N2OS/c1-3-13(7-4-8-15-13)12(16)14-9-11-6-5-10(2)17-11/h5-6,15H,3-4,7-9H2,1-2H3,(H,14,16). The van der Waals surface area contributed by atoms with Gasteiger partial charge in [0, 0.05) is 9.75 Å². The van der Waals surface area contributed by atoms with Gasteiger partial charge in [-0.3, -0.25) is 4.79 Å². The highest BCUT2D eigenvalue weighted by molar-refractivity contribution is 7.11. The second-order valence-electron chi connectivity index (χ2n) is 4.66. The highest BCUT2D eigenvalue weighted by Gasteiger charge is 2.38. The summed E-state index contributed by atoms with van der Waals surface area (Å²) in [6.45, 7) is 5.77. The van der Waals surface area contributed by atoms with Crippen LogP contribution < -0.4 is 10.6 Å². The average molecular weight is 252 g/mol. The van der Waals surface area contributed by atoms with Crippen molar-refractivity contribution in [2.45, 2.75) is 45.2 Å². The van der Waals surface area contributed by atoms with E-state index in [9.17, 15) is 4.79 Å². The molecule has 2 rings (SSSR count). The molecule has 3 nitrogen and oxygen atoms in total. The molecule has 1 saturated heterocycles. The molecule has 0 aliphatic carbocycles. The molecule has 0 spiro atoms. The molecule has 1 aromatic heterocycles. The van der Waals surface area contributed by atoms with Crippen LogP contribution in [0.15, 0.2) is 12.1 Å². The maximum Gasteiger partial charge on any atom is 0.240 e. The monoisotopic (exact) mass is 252 g/mol. The fourth-order valence-electron chi connectivity index (χ4n) is 2.38. The van der Waals surface area contributed by atoms with Gasteiger partial charge in [-0.05, 0) is 44.9 Å². The third kappa shape index (κ3) is 2.69. The van der Waals surface area contributed by atoms with Crippen molar-refractivity contribution in [3.05, 3.63) is 21.9 Å². The van der Waals surface area contributed by atoms with Gasteiger partial charge in [0.15, 0.2) is 0 Å². The summed E-state index contributed by atoms with van der Waals surface area (Å²) >= 11 is 1.74. The predicted molar refractivity (Wildman–Crippen MR) is 71.2 cm³/mol. The van der Waals surface area contributed by atoms with Crippen molar-refractivity contribution in [3.8, 4) is 0 Å². The second-order valence-corrected chi connectivity index (χ2v) is 6.03. The van der Waals surface area contributed by atoms with E-state index in [4.69, 9.17) is 0 Å². The number of hydrogen-bond acceptors (Lipinski definition) is 3. The maximum atomic E-state index is 12.2. The molecule has 1 aliphatic rings. The van der Waals surface area contributed by atoms with E-state index in [0.717, 1.165) is 25.8 Å². The van der Waals surface area contributed by atoms with Gasteiger partial charge in [0.05, 0.1) is 12.1 Å². The normalized spacial score (nSPS) is 23.9. The minimum atomic E-state index is -0.313. The first kappa shape index (κ1) is 12.6. The Kier molecular flexibility index (Phi) is 3.84. The molecule has 4 heteroatoms. The van der Waals surface area contributed by atoms with E-state index in [2.05, 4.69) is 36.6 Å². The van der Waals surface area contributed by atoms with Crippen molar-refractivity contribution in [1.29, 1.82) is 0 Å². The van der Waals surface area contributed by atoms with Crippen LogP contribution in [0, 0.1) is 6.92 Å². The highest BCUT2D eigenvalue weighted by atomic mass is 32.1. The van der Waals surface area contributed by atoms with Crippen LogP contribution in [0.3, 0.4) is 0 Å². The maximum absolute atomic E-state index is 12.2. The molecular weight excluding hydrogens is 232 g/mol. The molecule has 1 aromatic rings. The van der Waals surface area contributed by atoms with Gasteiger partial charge in [-0.2, -0.15) is 0 Å². The predicted octanol–water partition coefficient (Wildman–Crippen LogP) is 2.20. The van der Waals surface area contributed by atoms with E-state index in [1.165, 1.54) is 9.75 Å². The first-order valence-corrected chi connectivity index (χ1v) is 7.06. The Morgan fingerprint density at radius 2 is 2.41 bits per heavy atom. The van der Waals surface area contributed by atoms with Crippen LogP contribution >= 0.6 is 11.3 Å². The van der Waals surface area contributed by atoms with Gasteiger partial charge in [0.1, 0.15) is 0 Å². The first-order chi connectivity index (χ1) is 8.16. The molecule has 94 valence electrons.